The highest BCUT2D eigenvalue weighted by Crippen LogP contribution is 2.27. The Bertz CT molecular complexity index is 549. The first-order valence-corrected chi connectivity index (χ1v) is 6.46. The van der Waals surface area contributed by atoms with Gasteiger partial charge < -0.3 is 10.2 Å². The van der Waals surface area contributed by atoms with Gasteiger partial charge in [-0.3, -0.25) is 0 Å². The molecule has 5 heteroatoms. The van der Waals surface area contributed by atoms with Crippen LogP contribution in [0.2, 0.25) is 0 Å². The van der Waals surface area contributed by atoms with Crippen LogP contribution in [0.15, 0.2) is 16.5 Å². The summed E-state index contributed by atoms with van der Waals surface area (Å²) in [5, 5.41) is 0. The molecule has 0 aliphatic carbocycles. The van der Waals surface area contributed by atoms with E-state index in [1.165, 1.54) is 0 Å². The van der Waals surface area contributed by atoms with Crippen LogP contribution >= 0.6 is 22.6 Å². The van der Waals surface area contributed by atoms with Gasteiger partial charge in [0.1, 0.15) is 11.6 Å². The van der Waals surface area contributed by atoms with Gasteiger partial charge in [-0.15, -0.1) is 0 Å². The third-order valence-electron chi connectivity index (χ3n) is 2.41. The number of aromatic nitrogens is 2. The molecule has 0 atom stereocenters. The van der Waals surface area contributed by atoms with Crippen LogP contribution in [-0.4, -0.2) is 9.97 Å². The summed E-state index contributed by atoms with van der Waals surface area (Å²) in [5.74, 6) is 2.87. The lowest BCUT2D eigenvalue weighted by Gasteiger charge is -2.10. The standard InChI is InChI=1S/C12H14IN3O/c1-6(2)10-9(13)11(14)16-12(15-10)8-5-4-7(3)17-8/h4-6H,1-3H3,(H2,14,15,16). The van der Waals surface area contributed by atoms with Gasteiger partial charge in [0.15, 0.2) is 11.6 Å². The Labute approximate surface area is 114 Å². The van der Waals surface area contributed by atoms with Crippen LogP contribution in [-0.2, 0) is 0 Å². The largest absolute Gasteiger partial charge is 0.458 e. The van der Waals surface area contributed by atoms with Gasteiger partial charge in [-0.1, -0.05) is 13.8 Å². The number of hydrogen-bond acceptors (Lipinski definition) is 4. The number of furan rings is 1. The molecule has 0 radical (unpaired) electrons. The average Bonchev–Trinajstić information content (AvgIpc) is 2.68. The Hall–Kier alpha value is -1.11. The van der Waals surface area contributed by atoms with Crippen molar-refractivity contribution in [1.29, 1.82) is 0 Å². The van der Waals surface area contributed by atoms with E-state index in [0.717, 1.165) is 15.0 Å². The zero-order valence-electron chi connectivity index (χ0n) is 9.99. The Balaban J connectivity index is 2.56. The fraction of sp³-hybridized carbons (Fsp3) is 0.333. The summed E-state index contributed by atoms with van der Waals surface area (Å²) >= 11 is 2.18. The fourth-order valence-electron chi connectivity index (χ4n) is 1.53. The normalized spacial score (nSPS) is 11.1. The zero-order chi connectivity index (χ0) is 12.6. The second-order valence-electron chi connectivity index (χ2n) is 4.20. The number of halogens is 1. The molecule has 2 heterocycles. The van der Waals surface area contributed by atoms with Crippen molar-refractivity contribution in [3.05, 3.63) is 27.2 Å². The molecule has 0 fully saturated rings. The van der Waals surface area contributed by atoms with Crippen molar-refractivity contribution in [3.8, 4) is 11.6 Å². The van der Waals surface area contributed by atoms with Crippen LogP contribution in [0.1, 0.15) is 31.2 Å². The van der Waals surface area contributed by atoms with E-state index < -0.39 is 0 Å². The molecule has 0 unspecified atom stereocenters. The average molecular weight is 343 g/mol. The second-order valence-corrected chi connectivity index (χ2v) is 5.28. The maximum absolute atomic E-state index is 5.90. The minimum Gasteiger partial charge on any atom is -0.458 e. The number of nitrogens with two attached hydrogens (primary N) is 1. The lowest BCUT2D eigenvalue weighted by molar-refractivity contribution is 0.543. The SMILES string of the molecule is Cc1ccc(-c2nc(N)c(I)c(C(C)C)n2)o1. The monoisotopic (exact) mass is 343 g/mol. The molecule has 0 saturated carbocycles. The molecular weight excluding hydrogens is 329 g/mol. The Morgan fingerprint density at radius 3 is 2.53 bits per heavy atom. The molecule has 0 aromatic carbocycles. The maximum Gasteiger partial charge on any atom is 0.197 e. The maximum atomic E-state index is 5.90. The first-order valence-electron chi connectivity index (χ1n) is 5.38. The van der Waals surface area contributed by atoms with Gasteiger partial charge in [-0.25, -0.2) is 9.97 Å². The van der Waals surface area contributed by atoms with Crippen molar-refractivity contribution in [2.24, 2.45) is 0 Å². The van der Waals surface area contributed by atoms with Crippen LogP contribution in [0.3, 0.4) is 0 Å². The molecule has 0 aliphatic heterocycles. The predicted octanol–water partition coefficient (Wildman–Crippen LogP) is 3.36. The quantitative estimate of drug-likeness (QED) is 0.850. The molecule has 0 bridgehead atoms. The summed E-state index contributed by atoms with van der Waals surface area (Å²) in [6, 6.07) is 3.75. The van der Waals surface area contributed by atoms with Crippen molar-refractivity contribution in [3.63, 3.8) is 0 Å². The molecule has 17 heavy (non-hydrogen) atoms. The van der Waals surface area contributed by atoms with Crippen LogP contribution in [0.25, 0.3) is 11.6 Å². The first-order chi connectivity index (χ1) is 7.99. The number of aryl methyl sites for hydroxylation is 1. The van der Waals surface area contributed by atoms with E-state index >= 15 is 0 Å². The molecule has 90 valence electrons. The molecule has 0 amide bonds. The highest BCUT2D eigenvalue weighted by molar-refractivity contribution is 14.1. The van der Waals surface area contributed by atoms with Crippen molar-refractivity contribution in [2.75, 3.05) is 5.73 Å². The van der Waals surface area contributed by atoms with Gasteiger partial charge in [0.25, 0.3) is 0 Å². The van der Waals surface area contributed by atoms with Crippen molar-refractivity contribution >= 4 is 28.4 Å². The summed E-state index contributed by atoms with van der Waals surface area (Å²) in [6.45, 7) is 6.06. The summed E-state index contributed by atoms with van der Waals surface area (Å²) in [5.41, 5.74) is 6.86. The smallest absolute Gasteiger partial charge is 0.197 e. The summed E-state index contributed by atoms with van der Waals surface area (Å²) in [4.78, 5) is 8.79. The number of rotatable bonds is 2. The Morgan fingerprint density at radius 2 is 2.00 bits per heavy atom. The highest BCUT2D eigenvalue weighted by Gasteiger charge is 2.15. The fourth-order valence-corrected chi connectivity index (χ4v) is 2.39. The van der Waals surface area contributed by atoms with Crippen LogP contribution in [0.5, 0.6) is 0 Å². The topological polar surface area (TPSA) is 64.9 Å². The van der Waals surface area contributed by atoms with Crippen LogP contribution in [0.4, 0.5) is 5.82 Å². The number of nitrogen functional groups attached to an aromatic ring is 1. The first kappa shape index (κ1) is 12.3. The highest BCUT2D eigenvalue weighted by atomic mass is 127. The summed E-state index contributed by atoms with van der Waals surface area (Å²) in [6.07, 6.45) is 0. The van der Waals surface area contributed by atoms with E-state index in [2.05, 4.69) is 46.4 Å². The molecule has 2 aromatic heterocycles. The van der Waals surface area contributed by atoms with E-state index in [0.29, 0.717) is 23.3 Å². The van der Waals surface area contributed by atoms with Crippen molar-refractivity contribution in [2.45, 2.75) is 26.7 Å². The molecule has 0 aliphatic rings. The minimum absolute atomic E-state index is 0.307. The van der Waals surface area contributed by atoms with E-state index in [4.69, 9.17) is 10.2 Å². The third kappa shape index (κ3) is 2.43. The third-order valence-corrected chi connectivity index (χ3v) is 3.52. The van der Waals surface area contributed by atoms with Crippen molar-refractivity contribution < 1.29 is 4.42 Å². The van der Waals surface area contributed by atoms with Crippen molar-refractivity contribution in [1.82, 2.24) is 9.97 Å². The van der Waals surface area contributed by atoms with Gasteiger partial charge in [0, 0.05) is 0 Å². The molecule has 2 N–H and O–H groups in total. The predicted molar refractivity (Wildman–Crippen MR) is 75.7 cm³/mol. The van der Waals surface area contributed by atoms with E-state index in [1.54, 1.807) is 0 Å². The van der Waals surface area contributed by atoms with Gasteiger partial charge in [-0.05, 0) is 47.6 Å². The molecule has 0 saturated heterocycles. The van der Waals surface area contributed by atoms with Gasteiger partial charge in [-0.2, -0.15) is 0 Å². The lowest BCUT2D eigenvalue weighted by atomic mass is 10.1. The van der Waals surface area contributed by atoms with Crippen LogP contribution < -0.4 is 5.73 Å². The Kier molecular flexibility index (Phi) is 3.37. The molecule has 0 spiro atoms. The minimum atomic E-state index is 0.307. The number of anilines is 1. The number of nitrogens with zero attached hydrogens (tertiary/aromatic N) is 2. The molecule has 2 aromatic rings. The molecular formula is C12H14IN3O. The van der Waals surface area contributed by atoms with Gasteiger partial charge in [0.05, 0.1) is 9.26 Å². The summed E-state index contributed by atoms with van der Waals surface area (Å²) in [7, 11) is 0. The number of hydrogen-bond donors (Lipinski definition) is 1. The van der Waals surface area contributed by atoms with E-state index in [9.17, 15) is 0 Å². The lowest BCUT2D eigenvalue weighted by Crippen LogP contribution is -2.06. The van der Waals surface area contributed by atoms with E-state index in [-0.39, 0.29) is 0 Å². The van der Waals surface area contributed by atoms with Gasteiger partial charge in [0.2, 0.25) is 0 Å². The van der Waals surface area contributed by atoms with E-state index in [1.807, 2.05) is 19.1 Å². The molecule has 2 rings (SSSR count). The zero-order valence-corrected chi connectivity index (χ0v) is 12.1. The van der Waals surface area contributed by atoms with Gasteiger partial charge >= 0.3 is 0 Å². The molecule has 4 nitrogen and oxygen atoms in total. The van der Waals surface area contributed by atoms with Crippen LogP contribution in [0, 0.1) is 10.5 Å². The Morgan fingerprint density at radius 1 is 1.29 bits per heavy atom. The summed E-state index contributed by atoms with van der Waals surface area (Å²) < 4.78 is 6.44. The second kappa shape index (κ2) is 4.64.